The maximum absolute atomic E-state index is 8.88. The summed E-state index contributed by atoms with van der Waals surface area (Å²) in [5.41, 5.74) is 0. The van der Waals surface area contributed by atoms with Gasteiger partial charge in [-0.25, -0.2) is 4.57 Å². The SMILES string of the molecule is Br.CCCCN(CCCC)CCCC.CCCCN(CCCC)CCCC.CCCCN(CCCC)CCCC.CCCCN(CCCC)CCCC.O=P(O)(O)O. The van der Waals surface area contributed by atoms with Crippen LogP contribution < -0.4 is 0 Å². The monoisotopic (exact) mass is 919 g/mol. The van der Waals surface area contributed by atoms with Crippen LogP contribution in [0.1, 0.15) is 237 Å². The molecule has 0 atom stereocenters. The average Bonchev–Trinajstić information content (AvgIpc) is 3.19. The highest BCUT2D eigenvalue weighted by molar-refractivity contribution is 8.93. The highest BCUT2D eigenvalue weighted by Crippen LogP contribution is 2.25. The lowest BCUT2D eigenvalue weighted by atomic mass is 10.2. The van der Waals surface area contributed by atoms with E-state index in [9.17, 15) is 0 Å². The number of phosphoric acid groups is 1. The maximum atomic E-state index is 8.88. The van der Waals surface area contributed by atoms with Gasteiger partial charge in [0, 0.05) is 0 Å². The molecule has 0 aliphatic carbocycles. The first-order valence-electron chi connectivity index (χ1n) is 25.1. The number of hydrogen-bond acceptors (Lipinski definition) is 5. The molecule has 0 saturated carbocycles. The molecule has 0 aromatic carbocycles. The van der Waals surface area contributed by atoms with E-state index >= 15 is 0 Å². The van der Waals surface area contributed by atoms with E-state index in [1.54, 1.807) is 0 Å². The molecule has 0 aromatic rings. The van der Waals surface area contributed by atoms with Crippen LogP contribution in [0.3, 0.4) is 0 Å². The number of halogens is 1. The Bertz CT molecular complexity index is 543. The van der Waals surface area contributed by atoms with E-state index in [0.29, 0.717) is 0 Å². The Balaban J connectivity index is -0.000000148. The second-order valence-corrected chi connectivity index (χ2v) is 17.1. The zero-order chi connectivity index (χ0) is 44.3. The van der Waals surface area contributed by atoms with Gasteiger partial charge in [-0.05, 0) is 156 Å². The summed E-state index contributed by atoms with van der Waals surface area (Å²) in [5, 5.41) is 0. The van der Waals surface area contributed by atoms with Crippen molar-refractivity contribution in [3.8, 4) is 0 Å². The zero-order valence-electron chi connectivity index (χ0n) is 41.9. The summed E-state index contributed by atoms with van der Waals surface area (Å²) >= 11 is 0. The van der Waals surface area contributed by atoms with Gasteiger partial charge < -0.3 is 34.3 Å². The van der Waals surface area contributed by atoms with Crippen molar-refractivity contribution in [3.05, 3.63) is 0 Å². The van der Waals surface area contributed by atoms with Crippen LogP contribution >= 0.6 is 24.8 Å². The number of rotatable bonds is 36. The molecular formula is C48H112BrN4O4P. The van der Waals surface area contributed by atoms with E-state index in [1.807, 2.05) is 0 Å². The first-order chi connectivity index (χ1) is 27.4. The van der Waals surface area contributed by atoms with E-state index in [2.05, 4.69) is 103 Å². The molecule has 360 valence electrons. The molecule has 0 rings (SSSR count). The van der Waals surface area contributed by atoms with Crippen molar-refractivity contribution in [1.82, 2.24) is 19.6 Å². The third-order valence-electron chi connectivity index (χ3n) is 9.93. The smallest absolute Gasteiger partial charge is 0.303 e. The summed E-state index contributed by atoms with van der Waals surface area (Å²) in [4.78, 5) is 32.1. The van der Waals surface area contributed by atoms with Crippen LogP contribution in [-0.2, 0) is 4.57 Å². The van der Waals surface area contributed by atoms with Crippen molar-refractivity contribution >= 4 is 24.8 Å². The van der Waals surface area contributed by atoms with Crippen LogP contribution in [0.2, 0.25) is 0 Å². The van der Waals surface area contributed by atoms with Crippen molar-refractivity contribution in [2.24, 2.45) is 0 Å². The van der Waals surface area contributed by atoms with Crippen molar-refractivity contribution in [2.45, 2.75) is 237 Å². The van der Waals surface area contributed by atoms with Crippen LogP contribution in [0.4, 0.5) is 0 Å². The Morgan fingerprint density at radius 2 is 0.328 bits per heavy atom. The summed E-state index contributed by atoms with van der Waals surface area (Å²) in [7, 11) is -4.64. The van der Waals surface area contributed by atoms with Gasteiger partial charge in [0.25, 0.3) is 0 Å². The minimum Gasteiger partial charge on any atom is -0.303 e. The standard InChI is InChI=1S/4C12H27N.BrH.H3O4P/c4*1-4-7-10-13(11-8-5-2)12-9-6-3;;1-5(2,3)4/h4*4-12H2,1-3H3;1H;(H3,1,2,3,4). The molecule has 58 heavy (non-hydrogen) atoms. The highest BCUT2D eigenvalue weighted by atomic mass is 79.9. The van der Waals surface area contributed by atoms with Crippen LogP contribution in [0.25, 0.3) is 0 Å². The molecule has 0 aliphatic rings. The van der Waals surface area contributed by atoms with Gasteiger partial charge in [0.1, 0.15) is 0 Å². The van der Waals surface area contributed by atoms with Crippen LogP contribution in [0.15, 0.2) is 0 Å². The lowest BCUT2D eigenvalue weighted by Gasteiger charge is -2.21. The normalized spacial score (nSPS) is 10.9. The quantitative estimate of drug-likeness (QED) is 0.0536. The lowest BCUT2D eigenvalue weighted by Crippen LogP contribution is -2.27. The van der Waals surface area contributed by atoms with Crippen molar-refractivity contribution in [3.63, 3.8) is 0 Å². The number of nitrogens with zero attached hydrogens (tertiary/aromatic N) is 4. The summed E-state index contributed by atoms with van der Waals surface area (Å²) in [6, 6.07) is 0. The van der Waals surface area contributed by atoms with E-state index in [1.165, 1.54) is 233 Å². The maximum Gasteiger partial charge on any atom is 0.466 e. The molecule has 0 aromatic heterocycles. The van der Waals surface area contributed by atoms with Gasteiger partial charge in [-0.15, -0.1) is 17.0 Å². The second kappa shape index (κ2) is 61.7. The van der Waals surface area contributed by atoms with E-state index in [4.69, 9.17) is 19.2 Å². The van der Waals surface area contributed by atoms with Gasteiger partial charge in [-0.1, -0.05) is 160 Å². The fourth-order valence-electron chi connectivity index (χ4n) is 5.92. The average molecular weight is 920 g/mol. The van der Waals surface area contributed by atoms with Gasteiger partial charge in [-0.2, -0.15) is 0 Å². The third-order valence-corrected chi connectivity index (χ3v) is 9.93. The van der Waals surface area contributed by atoms with E-state index < -0.39 is 7.82 Å². The first-order valence-corrected chi connectivity index (χ1v) is 26.6. The highest BCUT2D eigenvalue weighted by Gasteiger charge is 2.05. The van der Waals surface area contributed by atoms with Gasteiger partial charge in [0.15, 0.2) is 0 Å². The summed E-state index contributed by atoms with van der Waals surface area (Å²) in [5.74, 6) is 0. The topological polar surface area (TPSA) is 90.7 Å². The number of unbranched alkanes of at least 4 members (excludes halogenated alkanes) is 12. The molecule has 0 aliphatic heterocycles. The predicted octanol–water partition coefficient (Wildman–Crippen LogP) is 14.4. The Kier molecular flexibility index (Phi) is 74.6. The first kappa shape index (κ1) is 70.1. The van der Waals surface area contributed by atoms with E-state index in [-0.39, 0.29) is 17.0 Å². The zero-order valence-corrected chi connectivity index (χ0v) is 44.5. The van der Waals surface area contributed by atoms with Crippen LogP contribution in [0.5, 0.6) is 0 Å². The Morgan fingerprint density at radius 1 is 0.259 bits per heavy atom. The van der Waals surface area contributed by atoms with E-state index in [0.717, 1.165) is 0 Å². The molecule has 0 bridgehead atoms. The Labute approximate surface area is 377 Å². The third kappa shape index (κ3) is 73.9. The van der Waals surface area contributed by atoms with Crippen LogP contribution in [-0.4, -0.2) is 113 Å². The molecule has 0 amide bonds. The summed E-state index contributed by atoms with van der Waals surface area (Å²) in [6.45, 7) is 43.1. The van der Waals surface area contributed by atoms with Gasteiger partial charge in [0.05, 0.1) is 0 Å². The van der Waals surface area contributed by atoms with Gasteiger partial charge in [-0.3, -0.25) is 0 Å². The minimum absolute atomic E-state index is 0. The molecule has 3 N–H and O–H groups in total. The van der Waals surface area contributed by atoms with Crippen molar-refractivity contribution < 1.29 is 19.2 Å². The largest absolute Gasteiger partial charge is 0.466 e. The fourth-order valence-corrected chi connectivity index (χ4v) is 5.92. The van der Waals surface area contributed by atoms with Crippen molar-refractivity contribution in [2.75, 3.05) is 78.5 Å². The van der Waals surface area contributed by atoms with Crippen LogP contribution in [0, 0.1) is 0 Å². The Morgan fingerprint density at radius 3 is 0.379 bits per heavy atom. The van der Waals surface area contributed by atoms with Crippen molar-refractivity contribution in [1.29, 1.82) is 0 Å². The molecule has 0 radical (unpaired) electrons. The predicted molar refractivity (Wildman–Crippen MR) is 269 cm³/mol. The number of hydrogen-bond donors (Lipinski definition) is 3. The lowest BCUT2D eigenvalue weighted by molar-refractivity contribution is 0.261. The summed E-state index contributed by atoms with van der Waals surface area (Å²) in [6.07, 6.45) is 32.4. The molecule has 10 heteroatoms. The Hall–Kier alpha value is 0.430. The minimum atomic E-state index is -4.64. The van der Waals surface area contributed by atoms with Gasteiger partial charge >= 0.3 is 7.82 Å². The molecule has 0 fully saturated rings. The molecular weight excluding hydrogens is 807 g/mol. The molecule has 0 saturated heterocycles. The van der Waals surface area contributed by atoms with Gasteiger partial charge in [0.2, 0.25) is 0 Å². The fraction of sp³-hybridized carbons (Fsp3) is 1.00. The molecule has 8 nitrogen and oxygen atoms in total. The molecule has 0 unspecified atom stereocenters. The second-order valence-electron chi connectivity index (χ2n) is 16.1. The summed E-state index contributed by atoms with van der Waals surface area (Å²) < 4.78 is 8.88. The molecule has 0 heterocycles. The molecule has 0 spiro atoms.